The van der Waals surface area contributed by atoms with Crippen LogP contribution in [0, 0.1) is 0 Å². The summed E-state index contributed by atoms with van der Waals surface area (Å²) in [5.74, 6) is 1.17. The number of quaternary nitrogens is 1. The van der Waals surface area contributed by atoms with Gasteiger partial charge < -0.3 is 14.4 Å². The van der Waals surface area contributed by atoms with Gasteiger partial charge in [-0.25, -0.2) is 8.42 Å². The molecule has 2 aliphatic rings. The summed E-state index contributed by atoms with van der Waals surface area (Å²) in [5, 5.41) is 9.35. The van der Waals surface area contributed by atoms with Crippen molar-refractivity contribution in [2.24, 2.45) is 0 Å². The van der Waals surface area contributed by atoms with Crippen molar-refractivity contribution in [2.75, 3.05) is 52.1 Å². The van der Waals surface area contributed by atoms with E-state index in [0.29, 0.717) is 41.3 Å². The Morgan fingerprint density at radius 3 is 2.33 bits per heavy atom. The Labute approximate surface area is 200 Å². The van der Waals surface area contributed by atoms with E-state index in [9.17, 15) is 13.2 Å². The van der Waals surface area contributed by atoms with Gasteiger partial charge in [0.15, 0.2) is 11.0 Å². The molecule has 9 nitrogen and oxygen atoms in total. The molecule has 33 heavy (non-hydrogen) atoms. The summed E-state index contributed by atoms with van der Waals surface area (Å²) >= 11 is 1.41. The highest BCUT2D eigenvalue weighted by atomic mass is 32.2. The number of piperidine rings is 1. The monoisotopic (exact) mass is 493 g/mol. The van der Waals surface area contributed by atoms with Crippen molar-refractivity contribution in [3.05, 3.63) is 24.3 Å². The molecule has 0 unspecified atom stereocenters. The first-order valence-corrected chi connectivity index (χ1v) is 14.1. The van der Waals surface area contributed by atoms with Crippen LogP contribution in [0.5, 0.6) is 0 Å². The molecule has 180 valence electrons. The van der Waals surface area contributed by atoms with Crippen molar-refractivity contribution in [3.63, 3.8) is 0 Å². The number of amides is 1. The van der Waals surface area contributed by atoms with E-state index in [2.05, 4.69) is 17.2 Å². The number of rotatable bonds is 7. The summed E-state index contributed by atoms with van der Waals surface area (Å²) in [4.78, 5) is 16.1. The second-order valence-corrected chi connectivity index (χ2v) is 11.5. The smallest absolute Gasteiger partial charge is 0.243 e. The Morgan fingerprint density at radius 2 is 1.70 bits per heavy atom. The van der Waals surface area contributed by atoms with Gasteiger partial charge in [0, 0.05) is 25.2 Å². The molecular formula is C22H33N6O3S2+. The number of carbonyl (C=O) groups is 1. The number of hydrogen-bond donors (Lipinski definition) is 1. The fourth-order valence-electron chi connectivity index (χ4n) is 4.29. The predicted octanol–water partition coefficient (Wildman–Crippen LogP) is 0.589. The maximum absolute atomic E-state index is 13.0. The summed E-state index contributed by atoms with van der Waals surface area (Å²) in [6, 6.07) is 6.88. The molecule has 2 fully saturated rings. The molecule has 1 aromatic heterocycles. The summed E-state index contributed by atoms with van der Waals surface area (Å²) in [6.07, 6.45) is 3.35. The third-order valence-electron chi connectivity index (χ3n) is 6.39. The van der Waals surface area contributed by atoms with Gasteiger partial charge in [-0.3, -0.25) is 4.79 Å². The molecule has 11 heteroatoms. The van der Waals surface area contributed by atoms with Crippen LogP contribution in [0.4, 0.5) is 0 Å². The van der Waals surface area contributed by atoms with Gasteiger partial charge in [-0.2, -0.15) is 4.31 Å². The van der Waals surface area contributed by atoms with Crippen LogP contribution in [0.25, 0.3) is 11.4 Å². The first-order valence-electron chi connectivity index (χ1n) is 11.7. The largest absolute Gasteiger partial charge is 0.342 e. The molecule has 2 saturated heterocycles. The van der Waals surface area contributed by atoms with Crippen molar-refractivity contribution in [2.45, 2.75) is 42.8 Å². The highest BCUT2D eigenvalue weighted by Gasteiger charge is 2.29. The maximum Gasteiger partial charge on any atom is 0.243 e. The third kappa shape index (κ3) is 5.42. The SMILES string of the molecule is CCn1c(SCC(=O)N2CCCCC2)nnc1-c1ccc(S(=O)(=O)N2CC[NH+](C)CC2)cc1. The van der Waals surface area contributed by atoms with Gasteiger partial charge in [-0.05, 0) is 50.5 Å². The number of likely N-dealkylation sites (tertiary alicyclic amines) is 1. The molecule has 1 N–H and O–H groups in total. The summed E-state index contributed by atoms with van der Waals surface area (Å²) in [6.45, 7) is 7.07. The second-order valence-electron chi connectivity index (χ2n) is 8.67. The van der Waals surface area contributed by atoms with Gasteiger partial charge in [0.2, 0.25) is 15.9 Å². The van der Waals surface area contributed by atoms with Gasteiger partial charge in [-0.15, -0.1) is 10.2 Å². The van der Waals surface area contributed by atoms with Gasteiger partial charge in [-0.1, -0.05) is 11.8 Å². The van der Waals surface area contributed by atoms with Crippen LogP contribution in [0.1, 0.15) is 26.2 Å². The van der Waals surface area contributed by atoms with Gasteiger partial charge in [0.05, 0.1) is 43.9 Å². The molecule has 0 aliphatic carbocycles. The topological polar surface area (TPSA) is 92.8 Å². The van der Waals surface area contributed by atoms with Gasteiger partial charge >= 0.3 is 0 Å². The van der Waals surface area contributed by atoms with Gasteiger partial charge in [0.25, 0.3) is 0 Å². The average Bonchev–Trinajstić information content (AvgIpc) is 3.26. The van der Waals surface area contributed by atoms with Gasteiger partial charge in [0.1, 0.15) is 0 Å². The van der Waals surface area contributed by atoms with Crippen LogP contribution in [-0.4, -0.2) is 90.4 Å². The van der Waals surface area contributed by atoms with Crippen molar-refractivity contribution in [1.29, 1.82) is 0 Å². The Balaban J connectivity index is 1.45. The van der Waals surface area contributed by atoms with Crippen LogP contribution < -0.4 is 4.90 Å². The minimum Gasteiger partial charge on any atom is -0.342 e. The zero-order valence-electron chi connectivity index (χ0n) is 19.4. The van der Waals surface area contributed by atoms with E-state index in [1.165, 1.54) is 23.1 Å². The Kier molecular flexibility index (Phi) is 7.72. The molecule has 2 aromatic rings. The number of nitrogens with zero attached hydrogens (tertiary/aromatic N) is 5. The van der Waals surface area contributed by atoms with Crippen LogP contribution in [0.3, 0.4) is 0 Å². The number of hydrogen-bond acceptors (Lipinski definition) is 6. The van der Waals surface area contributed by atoms with Crippen molar-refractivity contribution < 1.29 is 18.1 Å². The normalized spacial score (nSPS) is 18.5. The fraction of sp³-hybridized carbons (Fsp3) is 0.591. The molecule has 0 radical (unpaired) electrons. The number of nitrogens with one attached hydrogen (secondary N) is 1. The summed E-state index contributed by atoms with van der Waals surface area (Å²) in [7, 11) is -1.41. The molecule has 1 aromatic carbocycles. The molecule has 0 atom stereocenters. The average molecular weight is 494 g/mol. The zero-order valence-corrected chi connectivity index (χ0v) is 21.0. The van der Waals surface area contributed by atoms with Crippen LogP contribution in [0.2, 0.25) is 0 Å². The molecular weight excluding hydrogens is 460 g/mol. The Morgan fingerprint density at radius 1 is 1.03 bits per heavy atom. The quantitative estimate of drug-likeness (QED) is 0.568. The van der Waals surface area contributed by atoms with E-state index in [1.54, 1.807) is 28.6 Å². The standard InChI is InChI=1S/C22H32N6O3S2/c1-3-28-21(23-24-22(28)32-17-20(29)26-11-5-4-6-12-26)18-7-9-19(10-8-18)33(30,31)27-15-13-25(2)14-16-27/h7-10H,3-6,11-17H2,1-2H3/p+1. The number of piperazine rings is 1. The van der Waals surface area contributed by atoms with Crippen LogP contribution in [0.15, 0.2) is 34.3 Å². The lowest BCUT2D eigenvalue weighted by atomic mass is 10.1. The first kappa shape index (κ1) is 24.2. The lowest BCUT2D eigenvalue weighted by Gasteiger charge is -2.29. The highest BCUT2D eigenvalue weighted by molar-refractivity contribution is 7.99. The molecule has 1 amide bonds. The van der Waals surface area contributed by atoms with Crippen LogP contribution >= 0.6 is 11.8 Å². The number of benzene rings is 1. The van der Waals surface area contributed by atoms with Crippen molar-refractivity contribution >= 4 is 27.7 Å². The Hall–Kier alpha value is -1.95. The minimum absolute atomic E-state index is 0.145. The molecule has 0 bridgehead atoms. The fourth-order valence-corrected chi connectivity index (χ4v) is 6.63. The number of aromatic nitrogens is 3. The van der Waals surface area contributed by atoms with Crippen molar-refractivity contribution in [1.82, 2.24) is 24.0 Å². The number of thioether (sulfide) groups is 1. The van der Waals surface area contributed by atoms with E-state index in [4.69, 9.17) is 0 Å². The Bertz CT molecular complexity index is 1060. The van der Waals surface area contributed by atoms with Crippen LogP contribution in [-0.2, 0) is 21.4 Å². The predicted molar refractivity (Wildman–Crippen MR) is 128 cm³/mol. The number of carbonyl (C=O) groups excluding carboxylic acids is 1. The van der Waals surface area contributed by atoms with E-state index in [0.717, 1.165) is 44.6 Å². The van der Waals surface area contributed by atoms with E-state index < -0.39 is 10.0 Å². The number of sulfonamides is 1. The van der Waals surface area contributed by atoms with E-state index in [1.807, 2.05) is 16.4 Å². The molecule has 4 rings (SSSR count). The summed E-state index contributed by atoms with van der Waals surface area (Å²) < 4.78 is 29.5. The molecule has 3 heterocycles. The highest BCUT2D eigenvalue weighted by Crippen LogP contribution is 2.26. The zero-order chi connectivity index (χ0) is 23.4. The third-order valence-corrected chi connectivity index (χ3v) is 9.26. The molecule has 0 saturated carbocycles. The number of likely N-dealkylation sites (N-methyl/N-ethyl adjacent to an activating group) is 1. The van der Waals surface area contributed by atoms with E-state index >= 15 is 0 Å². The van der Waals surface area contributed by atoms with Crippen molar-refractivity contribution in [3.8, 4) is 11.4 Å². The lowest BCUT2D eigenvalue weighted by molar-refractivity contribution is -0.883. The summed E-state index contributed by atoms with van der Waals surface area (Å²) in [5.41, 5.74) is 0.806. The molecule has 0 spiro atoms. The minimum atomic E-state index is -3.49. The van der Waals surface area contributed by atoms with E-state index in [-0.39, 0.29) is 5.91 Å². The second kappa shape index (κ2) is 10.5. The first-order chi connectivity index (χ1) is 15.9. The maximum atomic E-state index is 13.0. The lowest BCUT2D eigenvalue weighted by Crippen LogP contribution is -3.12. The molecule has 2 aliphatic heterocycles.